The molecule has 4 aromatic carbocycles. The van der Waals surface area contributed by atoms with Crippen molar-refractivity contribution in [3.8, 4) is 0 Å². The maximum atomic E-state index is 14.8. The van der Waals surface area contributed by atoms with Crippen molar-refractivity contribution in [2.24, 2.45) is 0 Å². The fourth-order valence-corrected chi connectivity index (χ4v) is 6.11. The summed E-state index contributed by atoms with van der Waals surface area (Å²) in [5, 5.41) is 2.61. The van der Waals surface area contributed by atoms with E-state index in [2.05, 4.69) is 5.32 Å². The lowest BCUT2D eigenvalue weighted by Gasteiger charge is -2.34. The van der Waals surface area contributed by atoms with E-state index in [1.165, 1.54) is 36.2 Å². The zero-order valence-corrected chi connectivity index (χ0v) is 23.7. The van der Waals surface area contributed by atoms with Crippen molar-refractivity contribution in [3.05, 3.63) is 132 Å². The molecular formula is C32H32FN3O4S. The summed E-state index contributed by atoms with van der Waals surface area (Å²) in [7, 11) is -2.72. The van der Waals surface area contributed by atoms with Gasteiger partial charge in [-0.2, -0.15) is 0 Å². The molecule has 0 spiro atoms. The first-order valence-corrected chi connectivity index (χ1v) is 14.6. The molecule has 4 aromatic rings. The molecule has 9 heteroatoms. The Morgan fingerprint density at radius 1 is 0.829 bits per heavy atom. The molecule has 2 amide bonds. The topological polar surface area (TPSA) is 86.8 Å². The summed E-state index contributed by atoms with van der Waals surface area (Å²) in [4.78, 5) is 28.7. The SMILES string of the molecule is CNC(=O)[C@H](Cc1ccccc1)N(Cc1ccccc1F)C(=O)CN(c1ccccc1C)S(=O)(=O)c1ccccc1. The highest BCUT2D eigenvalue weighted by molar-refractivity contribution is 7.92. The second-order valence-corrected chi connectivity index (χ2v) is 11.4. The maximum Gasteiger partial charge on any atom is 0.264 e. The lowest BCUT2D eigenvalue weighted by atomic mass is 10.0. The van der Waals surface area contributed by atoms with Crippen LogP contribution in [0.3, 0.4) is 0 Å². The maximum absolute atomic E-state index is 14.8. The highest BCUT2D eigenvalue weighted by Gasteiger charge is 2.35. The number of sulfonamides is 1. The van der Waals surface area contributed by atoms with Gasteiger partial charge in [0.1, 0.15) is 18.4 Å². The molecule has 0 saturated heterocycles. The first-order valence-electron chi connectivity index (χ1n) is 13.1. The lowest BCUT2D eigenvalue weighted by Crippen LogP contribution is -2.53. The molecule has 0 saturated carbocycles. The highest BCUT2D eigenvalue weighted by atomic mass is 32.2. The molecule has 4 rings (SSSR count). The molecular weight excluding hydrogens is 541 g/mol. The van der Waals surface area contributed by atoms with Gasteiger partial charge in [-0.1, -0.05) is 84.9 Å². The smallest absolute Gasteiger partial charge is 0.264 e. The van der Waals surface area contributed by atoms with E-state index in [4.69, 9.17) is 0 Å². The van der Waals surface area contributed by atoms with E-state index in [0.29, 0.717) is 11.3 Å². The van der Waals surface area contributed by atoms with E-state index in [0.717, 1.165) is 9.87 Å². The van der Waals surface area contributed by atoms with E-state index in [9.17, 15) is 22.4 Å². The van der Waals surface area contributed by atoms with Crippen LogP contribution in [0.4, 0.5) is 10.1 Å². The van der Waals surface area contributed by atoms with Gasteiger partial charge in [0, 0.05) is 25.6 Å². The second kappa shape index (κ2) is 13.2. The van der Waals surface area contributed by atoms with E-state index in [1.54, 1.807) is 61.5 Å². The van der Waals surface area contributed by atoms with Crippen molar-refractivity contribution in [1.82, 2.24) is 10.2 Å². The van der Waals surface area contributed by atoms with Crippen molar-refractivity contribution < 1.29 is 22.4 Å². The molecule has 41 heavy (non-hydrogen) atoms. The fourth-order valence-electron chi connectivity index (χ4n) is 4.61. The number of carbonyl (C=O) groups is 2. The molecule has 0 heterocycles. The number of likely N-dealkylation sites (N-methyl/N-ethyl adjacent to an activating group) is 1. The molecule has 0 aliphatic rings. The summed E-state index contributed by atoms with van der Waals surface area (Å²) in [5.74, 6) is -1.64. The largest absolute Gasteiger partial charge is 0.357 e. The van der Waals surface area contributed by atoms with Gasteiger partial charge in [-0.15, -0.1) is 0 Å². The van der Waals surface area contributed by atoms with Crippen molar-refractivity contribution in [1.29, 1.82) is 0 Å². The summed E-state index contributed by atoms with van der Waals surface area (Å²) < 4.78 is 43.7. The van der Waals surface area contributed by atoms with Gasteiger partial charge in [0.2, 0.25) is 11.8 Å². The van der Waals surface area contributed by atoms with Gasteiger partial charge >= 0.3 is 0 Å². The number of benzene rings is 4. The van der Waals surface area contributed by atoms with Crippen molar-refractivity contribution in [2.75, 3.05) is 17.9 Å². The monoisotopic (exact) mass is 573 g/mol. The van der Waals surface area contributed by atoms with Crippen LogP contribution >= 0.6 is 0 Å². The van der Waals surface area contributed by atoms with Crippen molar-refractivity contribution in [2.45, 2.75) is 30.8 Å². The summed E-state index contributed by atoms with van der Waals surface area (Å²) in [5.41, 5.74) is 1.97. The van der Waals surface area contributed by atoms with Crippen LogP contribution in [-0.2, 0) is 32.6 Å². The number of nitrogens with zero attached hydrogens (tertiary/aromatic N) is 2. The van der Waals surface area contributed by atoms with Crippen LogP contribution < -0.4 is 9.62 Å². The number of hydrogen-bond donors (Lipinski definition) is 1. The van der Waals surface area contributed by atoms with Gasteiger partial charge in [0.15, 0.2) is 0 Å². The molecule has 0 fully saturated rings. The molecule has 0 aliphatic heterocycles. The van der Waals surface area contributed by atoms with Gasteiger partial charge in [-0.25, -0.2) is 12.8 Å². The van der Waals surface area contributed by atoms with E-state index in [1.807, 2.05) is 30.3 Å². The summed E-state index contributed by atoms with van der Waals surface area (Å²) in [6.45, 7) is 0.926. The minimum absolute atomic E-state index is 0.0174. The van der Waals surface area contributed by atoms with Crippen LogP contribution in [0.2, 0.25) is 0 Å². The molecule has 1 N–H and O–H groups in total. The predicted octanol–water partition coefficient (Wildman–Crippen LogP) is 4.72. The third kappa shape index (κ3) is 6.99. The Labute approximate surface area is 240 Å². The van der Waals surface area contributed by atoms with Crippen LogP contribution in [0.5, 0.6) is 0 Å². The molecule has 0 bridgehead atoms. The number of anilines is 1. The zero-order valence-electron chi connectivity index (χ0n) is 22.9. The molecule has 0 aromatic heterocycles. The van der Waals surface area contributed by atoms with E-state index >= 15 is 0 Å². The highest BCUT2D eigenvalue weighted by Crippen LogP contribution is 2.27. The standard InChI is InChI=1S/C32H32FN3O4S/c1-24-13-9-12-20-29(24)36(41(39,40)27-17-7-4-8-18-27)23-31(37)35(22-26-16-10-11-19-28(26)33)30(32(38)34-2)21-25-14-5-3-6-15-25/h3-20,30H,21-23H2,1-2H3,(H,34,38)/t30-/m0/s1. The first kappa shape index (κ1) is 29.5. The normalized spacial score (nSPS) is 11.9. The molecule has 7 nitrogen and oxygen atoms in total. The summed E-state index contributed by atoms with van der Waals surface area (Å²) >= 11 is 0. The summed E-state index contributed by atoms with van der Waals surface area (Å²) in [6.07, 6.45) is 0.149. The van der Waals surface area contributed by atoms with Crippen LogP contribution in [0.25, 0.3) is 0 Å². The number of rotatable bonds is 11. The van der Waals surface area contributed by atoms with Gasteiger partial charge in [-0.05, 0) is 42.3 Å². The average molecular weight is 574 g/mol. The van der Waals surface area contributed by atoms with Crippen LogP contribution in [-0.4, -0.2) is 44.8 Å². The average Bonchev–Trinajstić information content (AvgIpc) is 2.99. The Morgan fingerprint density at radius 3 is 2.05 bits per heavy atom. The summed E-state index contributed by atoms with van der Waals surface area (Å²) in [6, 6.07) is 28.8. The number of halogens is 1. The fraction of sp³-hybridized carbons (Fsp3) is 0.188. The minimum Gasteiger partial charge on any atom is -0.357 e. The van der Waals surface area contributed by atoms with Gasteiger partial charge in [0.25, 0.3) is 10.0 Å². The number of hydrogen-bond acceptors (Lipinski definition) is 4. The first-order chi connectivity index (χ1) is 19.7. The molecule has 0 unspecified atom stereocenters. The second-order valence-electron chi connectivity index (χ2n) is 9.54. The molecule has 212 valence electrons. The quantitative estimate of drug-likeness (QED) is 0.282. The number of amides is 2. The Morgan fingerprint density at radius 2 is 1.41 bits per heavy atom. The van der Waals surface area contributed by atoms with E-state index < -0.39 is 40.2 Å². The molecule has 0 radical (unpaired) electrons. The van der Waals surface area contributed by atoms with Crippen LogP contribution in [0.15, 0.2) is 114 Å². The number of carbonyl (C=O) groups excluding carboxylic acids is 2. The molecule has 0 aliphatic carbocycles. The zero-order chi connectivity index (χ0) is 29.4. The number of aryl methyl sites for hydroxylation is 1. The Bertz CT molecular complexity index is 1600. The number of para-hydroxylation sites is 1. The Hall–Kier alpha value is -4.50. The molecule has 1 atom stereocenters. The van der Waals surface area contributed by atoms with Gasteiger partial charge in [0.05, 0.1) is 10.6 Å². The number of nitrogens with one attached hydrogen (secondary N) is 1. The van der Waals surface area contributed by atoms with Gasteiger partial charge in [-0.3, -0.25) is 13.9 Å². The lowest BCUT2D eigenvalue weighted by molar-refractivity contribution is -0.139. The van der Waals surface area contributed by atoms with E-state index in [-0.39, 0.29) is 23.4 Å². The Balaban J connectivity index is 1.80. The Kier molecular flexibility index (Phi) is 9.52. The van der Waals surface area contributed by atoms with Crippen LogP contribution in [0, 0.1) is 12.7 Å². The third-order valence-corrected chi connectivity index (χ3v) is 8.58. The van der Waals surface area contributed by atoms with Crippen molar-refractivity contribution in [3.63, 3.8) is 0 Å². The van der Waals surface area contributed by atoms with Gasteiger partial charge < -0.3 is 10.2 Å². The predicted molar refractivity (Wildman–Crippen MR) is 157 cm³/mol. The minimum atomic E-state index is -4.19. The van der Waals surface area contributed by atoms with Crippen LogP contribution in [0.1, 0.15) is 16.7 Å². The third-order valence-electron chi connectivity index (χ3n) is 6.81. The van der Waals surface area contributed by atoms with Crippen molar-refractivity contribution >= 4 is 27.5 Å².